The van der Waals surface area contributed by atoms with Crippen molar-refractivity contribution < 1.29 is 13.4 Å². The molecule has 0 spiro atoms. The Morgan fingerprint density at radius 2 is 1.95 bits per heavy atom. The van der Waals surface area contributed by atoms with Crippen molar-refractivity contribution in [1.29, 1.82) is 0 Å². The van der Waals surface area contributed by atoms with Gasteiger partial charge < -0.3 is 11.5 Å². The molecule has 0 bridgehead atoms. The van der Waals surface area contributed by atoms with Gasteiger partial charge in [-0.25, -0.2) is 4.39 Å². The van der Waals surface area contributed by atoms with Gasteiger partial charge in [0.15, 0.2) is 0 Å². The first kappa shape index (κ1) is 15.2. The standard InChI is InChI=1S/C15H15FN2O2S/c1-9-6-12(17)3-5-14(9)21(20)8-11-7-10(15(18)19)2-4-13(11)16/h2-7H,8,17H2,1H3,(H2,18,19). The minimum atomic E-state index is -1.43. The maximum Gasteiger partial charge on any atom is 0.248 e. The van der Waals surface area contributed by atoms with Crippen molar-refractivity contribution >= 4 is 22.4 Å². The van der Waals surface area contributed by atoms with E-state index in [1.54, 1.807) is 25.1 Å². The SMILES string of the molecule is Cc1cc(N)ccc1S(=O)Cc1cc(C(N)=O)ccc1F. The van der Waals surface area contributed by atoms with E-state index in [1.165, 1.54) is 12.1 Å². The van der Waals surface area contributed by atoms with Crippen LogP contribution in [0.2, 0.25) is 0 Å². The Hall–Kier alpha value is -2.21. The number of hydrogen-bond acceptors (Lipinski definition) is 3. The van der Waals surface area contributed by atoms with Crippen LogP contribution in [0.1, 0.15) is 21.5 Å². The Kier molecular flexibility index (Phi) is 4.37. The molecule has 0 fully saturated rings. The lowest BCUT2D eigenvalue weighted by Crippen LogP contribution is -2.12. The number of rotatable bonds is 4. The molecule has 0 radical (unpaired) electrons. The number of anilines is 1. The molecule has 0 aliphatic heterocycles. The van der Waals surface area contributed by atoms with Gasteiger partial charge in [-0.05, 0) is 48.9 Å². The lowest BCUT2D eigenvalue weighted by atomic mass is 10.1. The van der Waals surface area contributed by atoms with Crippen molar-refractivity contribution in [3.8, 4) is 0 Å². The fourth-order valence-corrected chi connectivity index (χ4v) is 3.28. The molecule has 6 heteroatoms. The molecule has 1 unspecified atom stereocenters. The number of carbonyl (C=O) groups is 1. The van der Waals surface area contributed by atoms with Crippen LogP contribution in [0.15, 0.2) is 41.3 Å². The molecule has 1 atom stereocenters. The maximum absolute atomic E-state index is 13.8. The average Bonchev–Trinajstić information content (AvgIpc) is 2.40. The predicted molar refractivity (Wildman–Crippen MR) is 80.6 cm³/mol. The molecule has 4 nitrogen and oxygen atoms in total. The van der Waals surface area contributed by atoms with Crippen LogP contribution in [0, 0.1) is 12.7 Å². The van der Waals surface area contributed by atoms with Gasteiger partial charge in [0.05, 0.1) is 16.6 Å². The van der Waals surface area contributed by atoms with E-state index in [0.717, 1.165) is 11.6 Å². The Bertz CT molecular complexity index is 732. The molecule has 21 heavy (non-hydrogen) atoms. The molecule has 2 rings (SSSR count). The van der Waals surface area contributed by atoms with Crippen molar-refractivity contribution in [2.24, 2.45) is 5.73 Å². The van der Waals surface area contributed by atoms with Gasteiger partial charge in [-0.1, -0.05) is 0 Å². The van der Waals surface area contributed by atoms with E-state index in [0.29, 0.717) is 10.6 Å². The number of carbonyl (C=O) groups excluding carboxylic acids is 1. The summed E-state index contributed by atoms with van der Waals surface area (Å²) < 4.78 is 26.1. The Labute approximate surface area is 124 Å². The summed E-state index contributed by atoms with van der Waals surface area (Å²) in [5, 5.41) is 0. The summed E-state index contributed by atoms with van der Waals surface area (Å²) in [7, 11) is -1.43. The van der Waals surface area contributed by atoms with E-state index < -0.39 is 22.5 Å². The van der Waals surface area contributed by atoms with E-state index in [-0.39, 0.29) is 16.9 Å². The number of amides is 1. The summed E-state index contributed by atoms with van der Waals surface area (Å²) in [5.41, 5.74) is 12.6. The summed E-state index contributed by atoms with van der Waals surface area (Å²) in [4.78, 5) is 11.7. The zero-order chi connectivity index (χ0) is 15.6. The monoisotopic (exact) mass is 306 g/mol. The van der Waals surface area contributed by atoms with Gasteiger partial charge in [-0.3, -0.25) is 9.00 Å². The molecular formula is C15H15FN2O2S. The van der Waals surface area contributed by atoms with Crippen LogP contribution in [0.4, 0.5) is 10.1 Å². The molecule has 0 aromatic heterocycles. The summed E-state index contributed by atoms with van der Waals surface area (Å²) in [6, 6.07) is 8.82. The number of benzene rings is 2. The molecule has 1 amide bonds. The van der Waals surface area contributed by atoms with Crippen LogP contribution >= 0.6 is 0 Å². The number of aryl methyl sites for hydroxylation is 1. The number of nitrogens with two attached hydrogens (primary N) is 2. The van der Waals surface area contributed by atoms with Crippen LogP contribution < -0.4 is 11.5 Å². The smallest absolute Gasteiger partial charge is 0.248 e. The average molecular weight is 306 g/mol. The maximum atomic E-state index is 13.8. The van der Waals surface area contributed by atoms with Crippen LogP contribution in [0.25, 0.3) is 0 Å². The topological polar surface area (TPSA) is 86.2 Å². The first-order chi connectivity index (χ1) is 9.88. The van der Waals surface area contributed by atoms with Gasteiger partial charge in [0, 0.05) is 21.7 Å². The van der Waals surface area contributed by atoms with E-state index in [9.17, 15) is 13.4 Å². The second-order valence-corrected chi connectivity index (χ2v) is 6.10. The third kappa shape index (κ3) is 3.46. The van der Waals surface area contributed by atoms with Crippen molar-refractivity contribution in [3.05, 3.63) is 58.9 Å². The summed E-state index contributed by atoms with van der Waals surface area (Å²) in [6.07, 6.45) is 0. The molecule has 0 aliphatic carbocycles. The highest BCUT2D eigenvalue weighted by Gasteiger charge is 2.13. The third-order valence-electron chi connectivity index (χ3n) is 3.06. The summed E-state index contributed by atoms with van der Waals surface area (Å²) >= 11 is 0. The van der Waals surface area contributed by atoms with Crippen molar-refractivity contribution in [2.75, 3.05) is 5.73 Å². The highest BCUT2D eigenvalue weighted by molar-refractivity contribution is 7.84. The fraction of sp³-hybridized carbons (Fsp3) is 0.133. The fourth-order valence-electron chi connectivity index (χ4n) is 1.99. The second kappa shape index (κ2) is 6.05. The zero-order valence-corrected chi connectivity index (χ0v) is 12.2. The van der Waals surface area contributed by atoms with Crippen molar-refractivity contribution in [2.45, 2.75) is 17.6 Å². The number of halogens is 1. The number of nitrogen functional groups attached to an aromatic ring is 1. The van der Waals surface area contributed by atoms with Gasteiger partial charge >= 0.3 is 0 Å². The highest BCUT2D eigenvalue weighted by Crippen LogP contribution is 2.21. The van der Waals surface area contributed by atoms with Gasteiger partial charge in [0.2, 0.25) is 5.91 Å². The third-order valence-corrected chi connectivity index (χ3v) is 4.58. The van der Waals surface area contributed by atoms with Crippen LogP contribution in [-0.4, -0.2) is 10.1 Å². The van der Waals surface area contributed by atoms with Crippen LogP contribution in [-0.2, 0) is 16.6 Å². The van der Waals surface area contributed by atoms with E-state index in [4.69, 9.17) is 11.5 Å². The second-order valence-electron chi connectivity index (χ2n) is 4.69. The van der Waals surface area contributed by atoms with Gasteiger partial charge in [0.1, 0.15) is 5.82 Å². The molecule has 0 aliphatic rings. The molecule has 0 saturated heterocycles. The van der Waals surface area contributed by atoms with Crippen LogP contribution in [0.3, 0.4) is 0 Å². The highest BCUT2D eigenvalue weighted by atomic mass is 32.2. The number of hydrogen-bond donors (Lipinski definition) is 2. The summed E-state index contributed by atoms with van der Waals surface area (Å²) in [5.74, 6) is -1.19. The Morgan fingerprint density at radius 1 is 1.24 bits per heavy atom. The van der Waals surface area contributed by atoms with Crippen molar-refractivity contribution in [3.63, 3.8) is 0 Å². The minimum Gasteiger partial charge on any atom is -0.399 e. The van der Waals surface area contributed by atoms with E-state index in [1.807, 2.05) is 0 Å². The lowest BCUT2D eigenvalue weighted by molar-refractivity contribution is 0.1000. The normalized spacial score (nSPS) is 12.1. The molecule has 2 aromatic carbocycles. The number of primary amides is 1. The van der Waals surface area contributed by atoms with Crippen molar-refractivity contribution in [1.82, 2.24) is 0 Å². The molecular weight excluding hydrogens is 291 g/mol. The molecule has 110 valence electrons. The molecule has 4 N–H and O–H groups in total. The van der Waals surface area contributed by atoms with E-state index in [2.05, 4.69) is 0 Å². The predicted octanol–water partition coefficient (Wildman–Crippen LogP) is 2.12. The largest absolute Gasteiger partial charge is 0.399 e. The molecule has 0 heterocycles. The minimum absolute atomic E-state index is 0.0300. The lowest BCUT2D eigenvalue weighted by Gasteiger charge is -2.08. The first-order valence-electron chi connectivity index (χ1n) is 6.21. The van der Waals surface area contributed by atoms with Gasteiger partial charge in [-0.2, -0.15) is 0 Å². The Balaban J connectivity index is 2.31. The van der Waals surface area contributed by atoms with Gasteiger partial charge in [0.25, 0.3) is 0 Å². The quantitative estimate of drug-likeness (QED) is 0.848. The first-order valence-corrected chi connectivity index (χ1v) is 7.53. The summed E-state index contributed by atoms with van der Waals surface area (Å²) in [6.45, 7) is 1.79. The van der Waals surface area contributed by atoms with Crippen LogP contribution in [0.5, 0.6) is 0 Å². The Morgan fingerprint density at radius 3 is 2.57 bits per heavy atom. The van der Waals surface area contributed by atoms with Gasteiger partial charge in [-0.15, -0.1) is 0 Å². The molecule has 2 aromatic rings. The molecule has 0 saturated carbocycles. The van der Waals surface area contributed by atoms with E-state index >= 15 is 0 Å². The zero-order valence-electron chi connectivity index (χ0n) is 11.4.